The molecule has 0 aromatic carbocycles. The molecule has 2 heterocycles. The van der Waals surface area contributed by atoms with E-state index in [2.05, 4.69) is 9.97 Å². The number of halogens is 4. The van der Waals surface area contributed by atoms with Crippen LogP contribution >= 0.6 is 22.9 Å². The molecule has 0 amide bonds. The molecule has 0 unspecified atom stereocenters. The van der Waals surface area contributed by atoms with Crippen molar-refractivity contribution in [3.63, 3.8) is 0 Å². The van der Waals surface area contributed by atoms with Crippen molar-refractivity contribution in [3.05, 3.63) is 33.1 Å². The Balaban J connectivity index is 2.29. The molecule has 0 saturated carbocycles. The molecule has 2 aromatic rings. The van der Waals surface area contributed by atoms with Crippen LogP contribution in [0, 0.1) is 0 Å². The molecule has 0 aliphatic carbocycles. The zero-order valence-corrected chi connectivity index (χ0v) is 12.4. The summed E-state index contributed by atoms with van der Waals surface area (Å²) in [5, 5.41) is 0. The first-order valence-electron chi connectivity index (χ1n) is 5.68. The molecule has 0 aliphatic rings. The first kappa shape index (κ1) is 15.8. The normalized spacial score (nSPS) is 11.5. The highest BCUT2D eigenvalue weighted by molar-refractivity contribution is 7.16. The summed E-state index contributed by atoms with van der Waals surface area (Å²) < 4.78 is 39.0. The van der Waals surface area contributed by atoms with E-state index in [-0.39, 0.29) is 11.8 Å². The highest BCUT2D eigenvalue weighted by Gasteiger charge is 2.34. The Bertz CT molecular complexity index is 631. The van der Waals surface area contributed by atoms with E-state index in [1.807, 2.05) is 5.43 Å². The number of hydrazine groups is 1. The van der Waals surface area contributed by atoms with Gasteiger partial charge in [0.2, 0.25) is 5.95 Å². The monoisotopic (exact) mass is 337 g/mol. The molecule has 3 N–H and O–H groups in total. The Kier molecular flexibility index (Phi) is 4.55. The lowest BCUT2D eigenvalue weighted by Gasteiger charge is -2.19. The minimum Gasteiger partial charge on any atom is -0.354 e. The van der Waals surface area contributed by atoms with Crippen LogP contribution in [0.3, 0.4) is 0 Å². The van der Waals surface area contributed by atoms with Gasteiger partial charge in [0.1, 0.15) is 5.82 Å². The Morgan fingerprint density at radius 3 is 2.62 bits per heavy atom. The number of anilines is 2. The average molecular weight is 338 g/mol. The molecule has 2 rings (SSSR count). The minimum absolute atomic E-state index is 0.106. The second-order valence-electron chi connectivity index (χ2n) is 4.14. The van der Waals surface area contributed by atoms with E-state index in [9.17, 15) is 13.2 Å². The fourth-order valence-electron chi connectivity index (χ4n) is 1.59. The zero-order chi connectivity index (χ0) is 15.6. The molecule has 0 bridgehead atoms. The standard InChI is InChI=1S/C11H11ClF3N5S/c1-20(5-6-2-3-8(12)21-6)9-4-7(11(13,14)15)17-10(18-9)19-16/h2-4H,5,16H2,1H3,(H,17,18,19). The molecular formula is C11H11ClF3N5S. The summed E-state index contributed by atoms with van der Waals surface area (Å²) in [5.74, 6) is 4.92. The maximum Gasteiger partial charge on any atom is 0.433 e. The second-order valence-corrected chi connectivity index (χ2v) is 5.94. The van der Waals surface area contributed by atoms with Crippen molar-refractivity contribution in [2.75, 3.05) is 17.4 Å². The molecule has 0 spiro atoms. The van der Waals surface area contributed by atoms with Crippen LogP contribution in [0.1, 0.15) is 10.6 Å². The van der Waals surface area contributed by atoms with Crippen molar-refractivity contribution < 1.29 is 13.2 Å². The van der Waals surface area contributed by atoms with E-state index in [1.54, 1.807) is 24.1 Å². The SMILES string of the molecule is CN(Cc1ccc(Cl)s1)c1cc(C(F)(F)F)nc(NN)n1. The number of nitrogens with two attached hydrogens (primary N) is 1. The lowest BCUT2D eigenvalue weighted by molar-refractivity contribution is -0.141. The number of aromatic nitrogens is 2. The quantitative estimate of drug-likeness (QED) is 0.662. The Hall–Kier alpha value is -1.58. The van der Waals surface area contributed by atoms with Crippen LogP contribution in [0.5, 0.6) is 0 Å². The van der Waals surface area contributed by atoms with E-state index in [0.29, 0.717) is 10.9 Å². The van der Waals surface area contributed by atoms with Crippen molar-refractivity contribution in [2.24, 2.45) is 5.84 Å². The van der Waals surface area contributed by atoms with Crippen LogP contribution in [0.15, 0.2) is 18.2 Å². The van der Waals surface area contributed by atoms with Gasteiger partial charge >= 0.3 is 6.18 Å². The summed E-state index contributed by atoms with van der Waals surface area (Å²) in [6.07, 6.45) is -4.57. The summed E-state index contributed by atoms with van der Waals surface area (Å²) in [4.78, 5) is 9.67. The maximum atomic E-state index is 12.8. The van der Waals surface area contributed by atoms with Crippen molar-refractivity contribution >= 4 is 34.7 Å². The van der Waals surface area contributed by atoms with Gasteiger partial charge in [0.05, 0.1) is 10.9 Å². The van der Waals surface area contributed by atoms with Crippen molar-refractivity contribution in [1.29, 1.82) is 0 Å². The topological polar surface area (TPSA) is 67.1 Å². The van der Waals surface area contributed by atoms with Crippen LogP contribution in [-0.4, -0.2) is 17.0 Å². The smallest absolute Gasteiger partial charge is 0.354 e. The molecule has 114 valence electrons. The van der Waals surface area contributed by atoms with Crippen LogP contribution in [0.4, 0.5) is 24.9 Å². The van der Waals surface area contributed by atoms with Gasteiger partial charge in [0, 0.05) is 18.0 Å². The molecule has 0 fully saturated rings. The van der Waals surface area contributed by atoms with E-state index in [4.69, 9.17) is 17.4 Å². The zero-order valence-electron chi connectivity index (χ0n) is 10.8. The molecule has 10 heteroatoms. The molecule has 0 saturated heterocycles. The van der Waals surface area contributed by atoms with Gasteiger partial charge in [0.15, 0.2) is 5.69 Å². The van der Waals surface area contributed by atoms with Gasteiger partial charge in [-0.3, -0.25) is 5.43 Å². The summed E-state index contributed by atoms with van der Waals surface area (Å²) in [7, 11) is 1.62. The first-order chi connectivity index (χ1) is 9.79. The number of nitrogens with zero attached hydrogens (tertiary/aromatic N) is 3. The number of hydrogen-bond acceptors (Lipinski definition) is 6. The van der Waals surface area contributed by atoms with Gasteiger partial charge in [-0.15, -0.1) is 11.3 Å². The molecular weight excluding hydrogens is 327 g/mol. The lowest BCUT2D eigenvalue weighted by atomic mass is 10.3. The van der Waals surface area contributed by atoms with Gasteiger partial charge in [0.25, 0.3) is 0 Å². The maximum absolute atomic E-state index is 12.8. The van der Waals surface area contributed by atoms with Crippen LogP contribution in [-0.2, 0) is 12.7 Å². The molecule has 0 atom stereocenters. The van der Waals surface area contributed by atoms with E-state index in [1.165, 1.54) is 11.3 Å². The largest absolute Gasteiger partial charge is 0.433 e. The van der Waals surface area contributed by atoms with Crippen molar-refractivity contribution in [2.45, 2.75) is 12.7 Å². The summed E-state index contributed by atoms with van der Waals surface area (Å²) >= 11 is 7.17. The number of alkyl halides is 3. The van der Waals surface area contributed by atoms with Crippen LogP contribution < -0.4 is 16.2 Å². The minimum atomic E-state index is -4.57. The van der Waals surface area contributed by atoms with Gasteiger partial charge in [-0.1, -0.05) is 11.6 Å². The third kappa shape index (κ3) is 3.96. The number of hydrogen-bond donors (Lipinski definition) is 2. The lowest BCUT2D eigenvalue weighted by Crippen LogP contribution is -2.21. The first-order valence-corrected chi connectivity index (χ1v) is 6.87. The predicted octanol–water partition coefficient (Wildman–Crippen LogP) is 3.13. The fraction of sp³-hybridized carbons (Fsp3) is 0.273. The van der Waals surface area contributed by atoms with E-state index >= 15 is 0 Å². The van der Waals surface area contributed by atoms with Crippen LogP contribution in [0.25, 0.3) is 0 Å². The van der Waals surface area contributed by atoms with Gasteiger partial charge < -0.3 is 4.90 Å². The average Bonchev–Trinajstić information content (AvgIpc) is 2.82. The van der Waals surface area contributed by atoms with Gasteiger partial charge in [-0.2, -0.15) is 18.2 Å². The van der Waals surface area contributed by atoms with Gasteiger partial charge in [-0.25, -0.2) is 10.8 Å². The molecule has 2 aromatic heterocycles. The highest BCUT2D eigenvalue weighted by Crippen LogP contribution is 2.31. The Morgan fingerprint density at radius 2 is 2.10 bits per heavy atom. The van der Waals surface area contributed by atoms with Gasteiger partial charge in [-0.05, 0) is 12.1 Å². The highest BCUT2D eigenvalue weighted by atomic mass is 35.5. The summed E-state index contributed by atoms with van der Waals surface area (Å²) in [6, 6.07) is 4.40. The second kappa shape index (κ2) is 6.04. The molecule has 0 aliphatic heterocycles. The third-order valence-electron chi connectivity index (χ3n) is 2.55. The summed E-state index contributed by atoms with van der Waals surface area (Å²) in [5.41, 5.74) is 0.977. The van der Waals surface area contributed by atoms with Crippen molar-refractivity contribution in [3.8, 4) is 0 Å². The molecule has 0 radical (unpaired) electrons. The van der Waals surface area contributed by atoms with E-state index < -0.39 is 11.9 Å². The number of rotatable bonds is 4. The molecule has 5 nitrogen and oxygen atoms in total. The molecule has 21 heavy (non-hydrogen) atoms. The summed E-state index contributed by atoms with van der Waals surface area (Å²) in [6.45, 7) is 0.371. The number of nitrogen functional groups attached to an aromatic ring is 1. The third-order valence-corrected chi connectivity index (χ3v) is 3.76. The van der Waals surface area contributed by atoms with Crippen LogP contribution in [0.2, 0.25) is 4.34 Å². The number of nitrogens with one attached hydrogen (secondary N) is 1. The number of thiophene rings is 1. The fourth-order valence-corrected chi connectivity index (χ4v) is 2.73. The van der Waals surface area contributed by atoms with E-state index in [0.717, 1.165) is 10.9 Å². The van der Waals surface area contributed by atoms with Crippen molar-refractivity contribution in [1.82, 2.24) is 9.97 Å². The predicted molar refractivity (Wildman–Crippen MR) is 76.3 cm³/mol. The Morgan fingerprint density at radius 1 is 1.38 bits per heavy atom. The Labute approximate surface area is 127 Å².